The quantitative estimate of drug-likeness (QED) is 0.590. The zero-order valence-corrected chi connectivity index (χ0v) is 15.5. The zero-order valence-electron chi connectivity index (χ0n) is 15.5. The van der Waals surface area contributed by atoms with Gasteiger partial charge in [0, 0.05) is 12.1 Å². The smallest absolute Gasteiger partial charge is 0.311 e. The highest BCUT2D eigenvalue weighted by Gasteiger charge is 2.27. The van der Waals surface area contributed by atoms with Gasteiger partial charge in [0.25, 0.3) is 11.7 Å². The van der Waals surface area contributed by atoms with Gasteiger partial charge in [-0.1, -0.05) is 12.1 Å². The van der Waals surface area contributed by atoms with Crippen LogP contribution in [-0.4, -0.2) is 48.5 Å². The second-order valence-corrected chi connectivity index (χ2v) is 6.59. The van der Waals surface area contributed by atoms with Crippen molar-refractivity contribution in [1.82, 2.24) is 4.90 Å². The van der Waals surface area contributed by atoms with E-state index in [1.165, 1.54) is 6.07 Å². The Bertz CT molecular complexity index is 833. The van der Waals surface area contributed by atoms with E-state index in [1.54, 1.807) is 18.7 Å². The second-order valence-electron chi connectivity index (χ2n) is 6.59. The molecule has 0 unspecified atom stereocenters. The molecule has 2 heterocycles. The highest BCUT2D eigenvalue weighted by molar-refractivity contribution is 5.78. The van der Waals surface area contributed by atoms with Crippen LogP contribution in [0.3, 0.4) is 0 Å². The summed E-state index contributed by atoms with van der Waals surface area (Å²) in [6.07, 6.45) is 1.87. The minimum atomic E-state index is -0.477. The lowest BCUT2D eigenvalue weighted by molar-refractivity contribution is -0.385. The Balaban J connectivity index is 1.59. The first-order chi connectivity index (χ1) is 13.0. The summed E-state index contributed by atoms with van der Waals surface area (Å²) in [5.74, 6) is 1.02. The number of H-pyrrole nitrogens is 1. The maximum atomic E-state index is 12.5. The van der Waals surface area contributed by atoms with Gasteiger partial charge < -0.3 is 9.64 Å². The van der Waals surface area contributed by atoms with E-state index < -0.39 is 4.92 Å². The van der Waals surface area contributed by atoms with Gasteiger partial charge in [0.05, 0.1) is 24.2 Å². The molecular formula is C19H23N4O4+. The van der Waals surface area contributed by atoms with Crippen molar-refractivity contribution in [2.24, 2.45) is 0 Å². The molecule has 1 N–H and O–H groups in total. The standard InChI is InChI=1S/C19H22N4O4/c1-14-11-15(2)19(16(12-14)23(25)26)27-13-18(24)22-9-7-21(8-10-22)17-5-3-4-6-20-17/h3-6,11-12H,7-10,13H2,1-2H3/p+1. The van der Waals surface area contributed by atoms with Crippen LogP contribution < -0.4 is 14.6 Å². The normalized spacial score (nSPS) is 14.1. The number of benzene rings is 1. The molecule has 0 atom stereocenters. The largest absolute Gasteiger partial charge is 0.477 e. The van der Waals surface area contributed by atoms with Crippen molar-refractivity contribution in [3.8, 4) is 5.75 Å². The summed E-state index contributed by atoms with van der Waals surface area (Å²) in [5.41, 5.74) is 1.33. The molecule has 27 heavy (non-hydrogen) atoms. The molecule has 0 bridgehead atoms. The number of amides is 1. The van der Waals surface area contributed by atoms with Gasteiger partial charge in [-0.3, -0.25) is 19.8 Å². The van der Waals surface area contributed by atoms with E-state index in [0.717, 1.165) is 24.5 Å². The Morgan fingerprint density at radius 3 is 2.59 bits per heavy atom. The minimum Gasteiger partial charge on any atom is -0.477 e. The van der Waals surface area contributed by atoms with E-state index in [9.17, 15) is 14.9 Å². The van der Waals surface area contributed by atoms with Crippen molar-refractivity contribution in [2.45, 2.75) is 13.8 Å². The summed E-state index contributed by atoms with van der Waals surface area (Å²) in [6.45, 7) is 5.93. The number of carbonyl (C=O) groups is 1. The van der Waals surface area contributed by atoms with E-state index in [-0.39, 0.29) is 24.0 Å². The first-order valence-corrected chi connectivity index (χ1v) is 8.83. The third-order valence-corrected chi connectivity index (χ3v) is 4.60. The van der Waals surface area contributed by atoms with Crippen LogP contribution in [0.5, 0.6) is 5.75 Å². The molecule has 8 heteroatoms. The van der Waals surface area contributed by atoms with Crippen LogP contribution in [-0.2, 0) is 4.79 Å². The third-order valence-electron chi connectivity index (χ3n) is 4.60. The molecule has 142 valence electrons. The Hall–Kier alpha value is -3.16. The summed E-state index contributed by atoms with van der Waals surface area (Å²) in [4.78, 5) is 30.4. The molecule has 0 saturated carbocycles. The number of nitro benzene ring substituents is 1. The molecule has 1 aromatic carbocycles. The van der Waals surface area contributed by atoms with Gasteiger partial charge in [0.1, 0.15) is 13.1 Å². The van der Waals surface area contributed by atoms with Crippen molar-refractivity contribution < 1.29 is 19.4 Å². The number of pyridine rings is 1. The molecule has 1 fully saturated rings. The Morgan fingerprint density at radius 1 is 1.22 bits per heavy atom. The van der Waals surface area contributed by atoms with Crippen molar-refractivity contribution in [2.75, 3.05) is 37.7 Å². The van der Waals surface area contributed by atoms with Gasteiger partial charge in [0.15, 0.2) is 6.61 Å². The number of nitro groups is 1. The number of nitrogens with one attached hydrogen (secondary N) is 1. The summed E-state index contributed by atoms with van der Waals surface area (Å²) in [6, 6.07) is 9.16. The molecule has 8 nitrogen and oxygen atoms in total. The van der Waals surface area contributed by atoms with Gasteiger partial charge in [-0.05, 0) is 31.0 Å². The Morgan fingerprint density at radius 2 is 1.96 bits per heavy atom. The number of aryl methyl sites for hydroxylation is 2. The van der Waals surface area contributed by atoms with E-state index in [4.69, 9.17) is 4.74 Å². The number of rotatable bonds is 5. The minimum absolute atomic E-state index is 0.107. The molecule has 1 aromatic heterocycles. The van der Waals surface area contributed by atoms with Crippen LogP contribution in [0, 0.1) is 24.0 Å². The van der Waals surface area contributed by atoms with Gasteiger partial charge in [-0.15, -0.1) is 0 Å². The molecule has 0 spiro atoms. The number of aromatic amines is 1. The first kappa shape index (κ1) is 18.6. The lowest BCUT2D eigenvalue weighted by atomic mass is 10.1. The molecule has 1 aliphatic rings. The van der Waals surface area contributed by atoms with Crippen LogP contribution >= 0.6 is 0 Å². The zero-order chi connectivity index (χ0) is 19.4. The van der Waals surface area contributed by atoms with Gasteiger partial charge in [0.2, 0.25) is 5.75 Å². The molecule has 1 aliphatic heterocycles. The van der Waals surface area contributed by atoms with Gasteiger partial charge in [-0.2, -0.15) is 0 Å². The van der Waals surface area contributed by atoms with Crippen LogP contribution in [0.1, 0.15) is 11.1 Å². The van der Waals surface area contributed by atoms with Crippen molar-refractivity contribution in [1.29, 1.82) is 0 Å². The van der Waals surface area contributed by atoms with Gasteiger partial charge >= 0.3 is 5.69 Å². The number of hydrogen-bond acceptors (Lipinski definition) is 5. The molecular weight excluding hydrogens is 348 g/mol. The van der Waals surface area contributed by atoms with Crippen molar-refractivity contribution >= 4 is 17.4 Å². The highest BCUT2D eigenvalue weighted by Crippen LogP contribution is 2.32. The number of piperazine rings is 1. The third kappa shape index (κ3) is 4.33. The SMILES string of the molecule is Cc1cc(C)c(OCC(=O)N2CCN(c3cccc[nH+]3)CC2)c([N+](=O)[O-])c1. The van der Waals surface area contributed by atoms with E-state index in [1.807, 2.05) is 30.5 Å². The Labute approximate surface area is 157 Å². The van der Waals surface area contributed by atoms with Crippen LogP contribution in [0.2, 0.25) is 0 Å². The summed E-state index contributed by atoms with van der Waals surface area (Å²) < 4.78 is 5.56. The molecule has 0 radical (unpaired) electrons. The topological polar surface area (TPSA) is 90.1 Å². The molecule has 1 saturated heterocycles. The summed E-state index contributed by atoms with van der Waals surface area (Å²) in [5, 5.41) is 11.3. The van der Waals surface area contributed by atoms with E-state index in [0.29, 0.717) is 18.7 Å². The number of ether oxygens (including phenoxy) is 1. The fourth-order valence-corrected chi connectivity index (χ4v) is 3.26. The number of carbonyl (C=O) groups excluding carboxylic acids is 1. The second kappa shape index (κ2) is 8.03. The predicted octanol–water partition coefficient (Wildman–Crippen LogP) is 1.75. The molecule has 3 rings (SSSR count). The van der Waals surface area contributed by atoms with Crippen LogP contribution in [0.15, 0.2) is 36.5 Å². The lowest BCUT2D eigenvalue weighted by Gasteiger charge is -2.30. The van der Waals surface area contributed by atoms with Gasteiger partial charge in [-0.25, -0.2) is 4.98 Å². The highest BCUT2D eigenvalue weighted by atomic mass is 16.6. The monoisotopic (exact) mass is 371 g/mol. The predicted molar refractivity (Wildman–Crippen MR) is 99.9 cm³/mol. The maximum Gasteiger partial charge on any atom is 0.311 e. The van der Waals surface area contributed by atoms with E-state index in [2.05, 4.69) is 9.88 Å². The average Bonchev–Trinajstić information content (AvgIpc) is 2.67. The van der Waals surface area contributed by atoms with E-state index >= 15 is 0 Å². The molecule has 2 aromatic rings. The fourth-order valence-electron chi connectivity index (χ4n) is 3.26. The summed E-state index contributed by atoms with van der Waals surface area (Å²) in [7, 11) is 0. The van der Waals surface area contributed by atoms with Crippen LogP contribution in [0.25, 0.3) is 0 Å². The van der Waals surface area contributed by atoms with Crippen molar-refractivity contribution in [3.63, 3.8) is 0 Å². The lowest BCUT2D eigenvalue weighted by Crippen LogP contribution is -2.51. The first-order valence-electron chi connectivity index (χ1n) is 8.83. The van der Waals surface area contributed by atoms with Crippen molar-refractivity contribution in [3.05, 3.63) is 57.8 Å². The number of hydrogen-bond donors (Lipinski definition) is 0. The number of aromatic nitrogens is 1. The number of nitrogens with zero attached hydrogens (tertiary/aromatic N) is 3. The van der Waals surface area contributed by atoms with Crippen LogP contribution in [0.4, 0.5) is 11.5 Å². The maximum absolute atomic E-state index is 12.5. The molecule has 0 aliphatic carbocycles. The Kier molecular flexibility index (Phi) is 5.54. The summed E-state index contributed by atoms with van der Waals surface area (Å²) >= 11 is 0. The molecule has 1 amide bonds. The number of anilines is 1. The average molecular weight is 371 g/mol. The fraction of sp³-hybridized carbons (Fsp3) is 0.368.